The standard InChI is InChI=1S/C15H13Cl2N3/c1-8-4-3-5-12-14(8)20(15(18)19-12)13-7-10(16)9(2)6-11(13)17/h3-7H,1-2H3,(H2,18,19). The molecule has 0 radical (unpaired) electrons. The van der Waals surface area contributed by atoms with Gasteiger partial charge in [-0.25, -0.2) is 4.98 Å². The molecule has 3 nitrogen and oxygen atoms in total. The van der Waals surface area contributed by atoms with Crippen molar-refractivity contribution in [1.29, 1.82) is 0 Å². The summed E-state index contributed by atoms with van der Waals surface area (Å²) in [5, 5.41) is 1.25. The molecule has 0 atom stereocenters. The van der Waals surface area contributed by atoms with Crippen LogP contribution in [0.2, 0.25) is 10.0 Å². The summed E-state index contributed by atoms with van der Waals surface area (Å²) in [5.41, 5.74) is 10.6. The van der Waals surface area contributed by atoms with E-state index in [4.69, 9.17) is 28.9 Å². The van der Waals surface area contributed by atoms with Crippen LogP contribution in [-0.4, -0.2) is 9.55 Å². The predicted molar refractivity (Wildman–Crippen MR) is 85.0 cm³/mol. The molecule has 0 unspecified atom stereocenters. The first kappa shape index (κ1) is 13.3. The van der Waals surface area contributed by atoms with Crippen molar-refractivity contribution in [3.63, 3.8) is 0 Å². The largest absolute Gasteiger partial charge is 0.369 e. The van der Waals surface area contributed by atoms with Gasteiger partial charge in [-0.2, -0.15) is 0 Å². The van der Waals surface area contributed by atoms with Gasteiger partial charge in [-0.1, -0.05) is 35.3 Å². The third kappa shape index (κ3) is 1.94. The normalized spacial score (nSPS) is 11.2. The Balaban J connectivity index is 2.41. The lowest BCUT2D eigenvalue weighted by Crippen LogP contribution is -2.02. The number of hydrogen-bond donors (Lipinski definition) is 1. The van der Waals surface area contributed by atoms with E-state index in [1.807, 2.05) is 48.7 Å². The van der Waals surface area contributed by atoms with E-state index in [1.54, 1.807) is 0 Å². The number of halogens is 2. The Bertz CT molecular complexity index is 822. The number of nitrogen functional groups attached to an aromatic ring is 1. The molecule has 0 amide bonds. The Kier molecular flexibility index (Phi) is 3.11. The number of nitrogens with zero attached hydrogens (tertiary/aromatic N) is 2. The molecule has 3 rings (SSSR count). The number of rotatable bonds is 1. The van der Waals surface area contributed by atoms with E-state index in [2.05, 4.69) is 4.98 Å². The maximum Gasteiger partial charge on any atom is 0.205 e. The molecule has 0 aliphatic rings. The minimum Gasteiger partial charge on any atom is -0.369 e. The number of imidazole rings is 1. The first-order valence-electron chi connectivity index (χ1n) is 6.18. The zero-order chi connectivity index (χ0) is 14.4. The average Bonchev–Trinajstić information content (AvgIpc) is 2.71. The van der Waals surface area contributed by atoms with Crippen LogP contribution in [0.15, 0.2) is 30.3 Å². The van der Waals surface area contributed by atoms with E-state index in [1.165, 1.54) is 0 Å². The van der Waals surface area contributed by atoms with Crippen molar-refractivity contribution in [1.82, 2.24) is 9.55 Å². The number of aromatic nitrogens is 2. The molecule has 0 aliphatic heterocycles. The lowest BCUT2D eigenvalue weighted by molar-refractivity contribution is 1.10. The van der Waals surface area contributed by atoms with Crippen LogP contribution < -0.4 is 5.73 Å². The molecule has 0 saturated carbocycles. The Hall–Kier alpha value is -1.71. The molecule has 2 aromatic carbocycles. The molecule has 20 heavy (non-hydrogen) atoms. The maximum atomic E-state index is 6.35. The number of anilines is 1. The number of fused-ring (bicyclic) bond motifs is 1. The summed E-state index contributed by atoms with van der Waals surface area (Å²) in [6.45, 7) is 3.93. The van der Waals surface area contributed by atoms with Crippen molar-refractivity contribution < 1.29 is 0 Å². The van der Waals surface area contributed by atoms with Crippen LogP contribution in [0.3, 0.4) is 0 Å². The number of benzene rings is 2. The number of para-hydroxylation sites is 1. The zero-order valence-corrected chi connectivity index (χ0v) is 12.6. The number of nitrogens with two attached hydrogens (primary N) is 1. The van der Waals surface area contributed by atoms with Gasteiger partial charge < -0.3 is 5.73 Å². The smallest absolute Gasteiger partial charge is 0.205 e. The van der Waals surface area contributed by atoms with Crippen LogP contribution in [0, 0.1) is 13.8 Å². The molecular formula is C15H13Cl2N3. The summed E-state index contributed by atoms with van der Waals surface area (Å²) < 4.78 is 1.85. The van der Waals surface area contributed by atoms with E-state index >= 15 is 0 Å². The summed E-state index contributed by atoms with van der Waals surface area (Å²) in [6.07, 6.45) is 0. The predicted octanol–water partition coefficient (Wildman–Crippen LogP) is 4.53. The Labute approximate surface area is 126 Å². The van der Waals surface area contributed by atoms with Crippen molar-refractivity contribution >= 4 is 40.2 Å². The third-order valence-corrected chi connectivity index (χ3v) is 4.08. The second-order valence-corrected chi connectivity index (χ2v) is 5.62. The summed E-state index contributed by atoms with van der Waals surface area (Å²) in [6, 6.07) is 9.56. The van der Waals surface area contributed by atoms with Gasteiger partial charge in [0.2, 0.25) is 5.95 Å². The van der Waals surface area contributed by atoms with Gasteiger partial charge in [0, 0.05) is 5.02 Å². The molecule has 102 valence electrons. The lowest BCUT2D eigenvalue weighted by atomic mass is 10.2. The first-order valence-corrected chi connectivity index (χ1v) is 6.94. The topological polar surface area (TPSA) is 43.8 Å². The van der Waals surface area contributed by atoms with Crippen molar-refractivity contribution in [3.8, 4) is 5.69 Å². The minimum atomic E-state index is 0.399. The summed E-state index contributed by atoms with van der Waals surface area (Å²) >= 11 is 12.6. The Morgan fingerprint density at radius 1 is 1.05 bits per heavy atom. The summed E-state index contributed by atoms with van der Waals surface area (Å²) in [7, 11) is 0. The second-order valence-electron chi connectivity index (χ2n) is 4.80. The fourth-order valence-corrected chi connectivity index (χ4v) is 2.82. The number of hydrogen-bond acceptors (Lipinski definition) is 2. The SMILES string of the molecule is Cc1cc(Cl)c(-n2c(N)nc3cccc(C)c32)cc1Cl. The average molecular weight is 306 g/mol. The molecule has 0 saturated heterocycles. The Morgan fingerprint density at radius 2 is 1.80 bits per heavy atom. The second kappa shape index (κ2) is 4.69. The molecule has 0 aliphatic carbocycles. The highest BCUT2D eigenvalue weighted by atomic mass is 35.5. The van der Waals surface area contributed by atoms with E-state index in [-0.39, 0.29) is 0 Å². The molecular weight excluding hydrogens is 293 g/mol. The van der Waals surface area contributed by atoms with Crippen LogP contribution >= 0.6 is 23.2 Å². The monoisotopic (exact) mass is 305 g/mol. The van der Waals surface area contributed by atoms with Gasteiger partial charge >= 0.3 is 0 Å². The van der Waals surface area contributed by atoms with Gasteiger partial charge in [0.05, 0.1) is 21.7 Å². The van der Waals surface area contributed by atoms with Crippen LogP contribution in [0.25, 0.3) is 16.7 Å². The third-order valence-electron chi connectivity index (χ3n) is 3.37. The first-order chi connectivity index (χ1) is 9.49. The molecule has 3 aromatic rings. The molecule has 0 spiro atoms. The minimum absolute atomic E-state index is 0.399. The van der Waals surface area contributed by atoms with Crippen LogP contribution in [0.1, 0.15) is 11.1 Å². The van der Waals surface area contributed by atoms with Gasteiger partial charge in [-0.3, -0.25) is 4.57 Å². The molecule has 1 heterocycles. The Morgan fingerprint density at radius 3 is 2.55 bits per heavy atom. The van der Waals surface area contributed by atoms with E-state index in [0.29, 0.717) is 16.0 Å². The summed E-state index contributed by atoms with van der Waals surface area (Å²) in [4.78, 5) is 4.38. The van der Waals surface area contributed by atoms with Gasteiger partial charge in [0.15, 0.2) is 0 Å². The molecule has 5 heteroatoms. The quantitative estimate of drug-likeness (QED) is 0.717. The number of aryl methyl sites for hydroxylation is 2. The van der Waals surface area contributed by atoms with Crippen molar-refractivity contribution in [3.05, 3.63) is 51.5 Å². The zero-order valence-electron chi connectivity index (χ0n) is 11.1. The van der Waals surface area contributed by atoms with Crippen molar-refractivity contribution in [2.24, 2.45) is 0 Å². The highest BCUT2D eigenvalue weighted by molar-refractivity contribution is 6.35. The van der Waals surface area contributed by atoms with Crippen molar-refractivity contribution in [2.75, 3.05) is 5.73 Å². The summed E-state index contributed by atoms with van der Waals surface area (Å²) in [5.74, 6) is 0.399. The highest BCUT2D eigenvalue weighted by Crippen LogP contribution is 2.33. The van der Waals surface area contributed by atoms with Crippen LogP contribution in [0.4, 0.5) is 5.95 Å². The maximum absolute atomic E-state index is 6.35. The van der Waals surface area contributed by atoms with Gasteiger partial charge in [0.1, 0.15) is 0 Å². The molecule has 0 fully saturated rings. The molecule has 0 bridgehead atoms. The van der Waals surface area contributed by atoms with E-state index in [0.717, 1.165) is 27.8 Å². The fourth-order valence-electron chi connectivity index (χ4n) is 2.36. The van der Waals surface area contributed by atoms with E-state index < -0.39 is 0 Å². The van der Waals surface area contributed by atoms with Crippen LogP contribution in [-0.2, 0) is 0 Å². The molecule has 1 aromatic heterocycles. The molecule has 2 N–H and O–H groups in total. The van der Waals surface area contributed by atoms with Crippen molar-refractivity contribution in [2.45, 2.75) is 13.8 Å². The fraction of sp³-hybridized carbons (Fsp3) is 0.133. The van der Waals surface area contributed by atoms with Gasteiger partial charge in [-0.15, -0.1) is 0 Å². The van der Waals surface area contributed by atoms with E-state index in [9.17, 15) is 0 Å². The van der Waals surface area contributed by atoms with Crippen LogP contribution in [0.5, 0.6) is 0 Å². The lowest BCUT2D eigenvalue weighted by Gasteiger charge is -2.12. The van der Waals surface area contributed by atoms with Gasteiger partial charge in [-0.05, 0) is 43.2 Å². The highest BCUT2D eigenvalue weighted by Gasteiger charge is 2.15. The van der Waals surface area contributed by atoms with Gasteiger partial charge in [0.25, 0.3) is 0 Å².